The molecule has 0 bridgehead atoms. The lowest BCUT2D eigenvalue weighted by Crippen LogP contribution is -2.44. The third-order valence-electron chi connectivity index (χ3n) is 3.44. The molecule has 0 spiro atoms. The molecule has 1 heterocycles. The van der Waals surface area contributed by atoms with Crippen LogP contribution in [0.3, 0.4) is 0 Å². The van der Waals surface area contributed by atoms with Gasteiger partial charge in [-0.15, -0.1) is 0 Å². The van der Waals surface area contributed by atoms with E-state index in [0.29, 0.717) is 11.5 Å². The summed E-state index contributed by atoms with van der Waals surface area (Å²) in [5.41, 5.74) is 1.05. The van der Waals surface area contributed by atoms with E-state index in [1.54, 1.807) is 0 Å². The molecular weight excluding hydrogens is 258 g/mol. The van der Waals surface area contributed by atoms with Crippen LogP contribution in [0.2, 0.25) is 0 Å². The Labute approximate surface area is 120 Å². The highest BCUT2D eigenvalue weighted by atomic mass is 16.5. The van der Waals surface area contributed by atoms with Crippen LogP contribution in [-0.4, -0.2) is 49.5 Å². The van der Waals surface area contributed by atoms with E-state index in [-0.39, 0.29) is 18.0 Å². The van der Waals surface area contributed by atoms with Gasteiger partial charge in [-0.1, -0.05) is 0 Å². The summed E-state index contributed by atoms with van der Waals surface area (Å²) in [6.07, 6.45) is 0.472. The van der Waals surface area contributed by atoms with E-state index in [4.69, 9.17) is 14.2 Å². The predicted molar refractivity (Wildman–Crippen MR) is 76.5 cm³/mol. The maximum atomic E-state index is 9.92. The van der Waals surface area contributed by atoms with E-state index >= 15 is 0 Å². The topological polar surface area (TPSA) is 51.2 Å². The van der Waals surface area contributed by atoms with Crippen molar-refractivity contribution in [2.75, 3.05) is 27.3 Å². The van der Waals surface area contributed by atoms with Crippen molar-refractivity contribution in [3.63, 3.8) is 0 Å². The molecule has 5 heteroatoms. The second-order valence-electron chi connectivity index (χ2n) is 5.30. The molecule has 20 heavy (non-hydrogen) atoms. The van der Waals surface area contributed by atoms with Gasteiger partial charge < -0.3 is 19.3 Å². The SMILES string of the molecule is COc1cc(CN2C[C@@H](C)O[C@@H](C)C2)cc(OC)c1O. The fraction of sp³-hybridized carbons (Fsp3) is 0.600. The van der Waals surface area contributed by atoms with Crippen LogP contribution in [0, 0.1) is 0 Å². The van der Waals surface area contributed by atoms with E-state index in [2.05, 4.69) is 18.7 Å². The maximum absolute atomic E-state index is 9.92. The normalized spacial score (nSPS) is 23.6. The summed E-state index contributed by atoms with van der Waals surface area (Å²) >= 11 is 0. The zero-order valence-corrected chi connectivity index (χ0v) is 12.5. The second-order valence-corrected chi connectivity index (χ2v) is 5.30. The fourth-order valence-corrected chi connectivity index (χ4v) is 2.71. The Morgan fingerprint density at radius 1 is 1.15 bits per heavy atom. The highest BCUT2D eigenvalue weighted by Crippen LogP contribution is 2.37. The quantitative estimate of drug-likeness (QED) is 0.915. The standard InChI is InChI=1S/C15H23NO4/c1-10-7-16(8-11(2)20-10)9-12-5-13(18-3)15(17)14(6-12)19-4/h5-6,10-11,17H,7-9H2,1-4H3/t10-,11+. The largest absolute Gasteiger partial charge is 0.502 e. The number of ether oxygens (including phenoxy) is 3. The lowest BCUT2D eigenvalue weighted by atomic mass is 10.1. The summed E-state index contributed by atoms with van der Waals surface area (Å²) in [4.78, 5) is 2.34. The molecule has 5 nitrogen and oxygen atoms in total. The minimum Gasteiger partial charge on any atom is -0.502 e. The molecule has 112 valence electrons. The average molecular weight is 281 g/mol. The van der Waals surface area contributed by atoms with Gasteiger partial charge in [0, 0.05) is 19.6 Å². The van der Waals surface area contributed by atoms with Crippen molar-refractivity contribution >= 4 is 0 Å². The molecule has 1 aromatic carbocycles. The summed E-state index contributed by atoms with van der Waals surface area (Å²) in [6, 6.07) is 3.70. The van der Waals surface area contributed by atoms with Crippen LogP contribution in [0.4, 0.5) is 0 Å². The van der Waals surface area contributed by atoms with Gasteiger partial charge >= 0.3 is 0 Å². The van der Waals surface area contributed by atoms with Gasteiger partial charge in [-0.05, 0) is 31.5 Å². The van der Waals surface area contributed by atoms with Gasteiger partial charge in [0.2, 0.25) is 5.75 Å². The maximum Gasteiger partial charge on any atom is 0.200 e. The highest BCUT2D eigenvalue weighted by Gasteiger charge is 2.23. The molecule has 2 rings (SSSR count). The third kappa shape index (κ3) is 3.35. The van der Waals surface area contributed by atoms with Gasteiger partial charge in [0.05, 0.1) is 26.4 Å². The fourth-order valence-electron chi connectivity index (χ4n) is 2.71. The van der Waals surface area contributed by atoms with E-state index in [1.165, 1.54) is 14.2 Å². The monoisotopic (exact) mass is 281 g/mol. The Bertz CT molecular complexity index is 428. The molecule has 1 aliphatic heterocycles. The first-order valence-electron chi connectivity index (χ1n) is 6.85. The molecule has 0 aromatic heterocycles. The van der Waals surface area contributed by atoms with Crippen molar-refractivity contribution in [2.24, 2.45) is 0 Å². The van der Waals surface area contributed by atoms with Gasteiger partial charge in [0.15, 0.2) is 11.5 Å². The molecule has 0 unspecified atom stereocenters. The van der Waals surface area contributed by atoms with Crippen LogP contribution in [0.1, 0.15) is 19.4 Å². The summed E-state index contributed by atoms with van der Waals surface area (Å²) < 4.78 is 16.1. The molecule has 1 aliphatic rings. The molecule has 1 fully saturated rings. The van der Waals surface area contributed by atoms with E-state index < -0.39 is 0 Å². The highest BCUT2D eigenvalue weighted by molar-refractivity contribution is 5.52. The third-order valence-corrected chi connectivity index (χ3v) is 3.44. The molecule has 0 radical (unpaired) electrons. The molecule has 0 saturated carbocycles. The Balaban J connectivity index is 2.16. The number of rotatable bonds is 4. The van der Waals surface area contributed by atoms with Gasteiger partial charge in [0.1, 0.15) is 0 Å². The zero-order chi connectivity index (χ0) is 14.7. The van der Waals surface area contributed by atoms with E-state index in [9.17, 15) is 5.11 Å². The van der Waals surface area contributed by atoms with Crippen LogP contribution < -0.4 is 9.47 Å². The number of phenols is 1. The summed E-state index contributed by atoms with van der Waals surface area (Å²) in [5, 5.41) is 9.92. The molecule has 0 aliphatic carbocycles. The molecule has 1 saturated heterocycles. The molecule has 2 atom stereocenters. The number of morpholine rings is 1. The number of hydrogen-bond donors (Lipinski definition) is 1. The van der Waals surface area contributed by atoms with Crippen LogP contribution in [0.25, 0.3) is 0 Å². The predicted octanol–water partition coefficient (Wildman–Crippen LogP) is 2.02. The Morgan fingerprint density at radius 3 is 2.10 bits per heavy atom. The lowest BCUT2D eigenvalue weighted by Gasteiger charge is -2.35. The first-order valence-corrected chi connectivity index (χ1v) is 6.85. The van der Waals surface area contributed by atoms with Crippen molar-refractivity contribution in [2.45, 2.75) is 32.6 Å². The molecular formula is C15H23NO4. The van der Waals surface area contributed by atoms with Crippen LogP contribution in [-0.2, 0) is 11.3 Å². The Kier molecular flexibility index (Phi) is 4.73. The summed E-state index contributed by atoms with van der Waals surface area (Å²) in [7, 11) is 3.08. The minimum atomic E-state index is 0.0439. The smallest absolute Gasteiger partial charge is 0.200 e. The van der Waals surface area contributed by atoms with Crippen LogP contribution >= 0.6 is 0 Å². The zero-order valence-electron chi connectivity index (χ0n) is 12.5. The van der Waals surface area contributed by atoms with E-state index in [0.717, 1.165) is 25.2 Å². The number of hydrogen-bond acceptors (Lipinski definition) is 5. The summed E-state index contributed by atoms with van der Waals surface area (Å²) in [6.45, 7) is 6.75. The van der Waals surface area contributed by atoms with E-state index in [1.807, 2.05) is 12.1 Å². The number of phenolic OH excluding ortho intramolecular Hbond substituents is 1. The molecule has 0 amide bonds. The number of aromatic hydroxyl groups is 1. The minimum absolute atomic E-state index is 0.0439. The number of benzene rings is 1. The summed E-state index contributed by atoms with van der Waals surface area (Å²) in [5.74, 6) is 0.921. The van der Waals surface area contributed by atoms with Crippen molar-refractivity contribution in [1.82, 2.24) is 4.90 Å². The second kappa shape index (κ2) is 6.33. The van der Waals surface area contributed by atoms with Crippen molar-refractivity contribution < 1.29 is 19.3 Å². The molecule has 1 N–H and O–H groups in total. The number of nitrogens with zero attached hydrogens (tertiary/aromatic N) is 1. The van der Waals surface area contributed by atoms with Crippen LogP contribution in [0.15, 0.2) is 12.1 Å². The van der Waals surface area contributed by atoms with Crippen LogP contribution in [0.5, 0.6) is 17.2 Å². The van der Waals surface area contributed by atoms with Crippen molar-refractivity contribution in [3.05, 3.63) is 17.7 Å². The Hall–Kier alpha value is -1.46. The molecule has 1 aromatic rings. The van der Waals surface area contributed by atoms with Gasteiger partial charge in [-0.25, -0.2) is 0 Å². The van der Waals surface area contributed by atoms with Gasteiger partial charge in [0.25, 0.3) is 0 Å². The van der Waals surface area contributed by atoms with Crippen molar-refractivity contribution in [1.29, 1.82) is 0 Å². The average Bonchev–Trinajstić information content (AvgIpc) is 2.39. The first-order chi connectivity index (χ1) is 9.53. The van der Waals surface area contributed by atoms with Crippen molar-refractivity contribution in [3.8, 4) is 17.2 Å². The lowest BCUT2D eigenvalue weighted by molar-refractivity contribution is -0.0705. The Morgan fingerprint density at radius 2 is 1.65 bits per heavy atom. The van der Waals surface area contributed by atoms with Gasteiger partial charge in [-0.3, -0.25) is 4.90 Å². The first kappa shape index (κ1) is 14.9. The number of methoxy groups -OCH3 is 2. The van der Waals surface area contributed by atoms with Gasteiger partial charge in [-0.2, -0.15) is 0 Å².